The van der Waals surface area contributed by atoms with Gasteiger partial charge in [-0.25, -0.2) is 0 Å². The maximum absolute atomic E-state index is 3.42. The molecule has 0 aromatic heterocycles. The second-order valence-electron chi connectivity index (χ2n) is 4.64. The van der Waals surface area contributed by atoms with Crippen LogP contribution in [-0.2, 0) is 12.8 Å². The third-order valence-electron chi connectivity index (χ3n) is 3.06. The fraction of sp³-hybridized carbons (Fsp3) is 0.625. The van der Waals surface area contributed by atoms with Gasteiger partial charge in [-0.05, 0) is 42.9 Å². The van der Waals surface area contributed by atoms with E-state index in [9.17, 15) is 0 Å². The molecule has 0 unspecified atom stereocenters. The van der Waals surface area contributed by atoms with Gasteiger partial charge in [0.15, 0.2) is 0 Å². The molecule has 0 atom stereocenters. The highest BCUT2D eigenvalue weighted by atomic mass is 14.0. The molecule has 0 amide bonds. The van der Waals surface area contributed by atoms with Gasteiger partial charge in [-0.15, -0.1) is 0 Å². The molecule has 0 aliphatic rings. The molecule has 0 aliphatic carbocycles. The standard InChI is InChI=1S/C16H25/c1-3-5-7-9-15-11-13-16(14-12-15)10-8-6-4-2/h11-13H,3-10H2,1-2H3. The van der Waals surface area contributed by atoms with E-state index in [1.165, 1.54) is 62.5 Å². The van der Waals surface area contributed by atoms with E-state index in [0.717, 1.165) is 0 Å². The number of benzene rings is 1. The van der Waals surface area contributed by atoms with Crippen LogP contribution in [-0.4, -0.2) is 0 Å². The molecule has 0 N–H and O–H groups in total. The molecule has 0 bridgehead atoms. The highest BCUT2D eigenvalue weighted by Gasteiger charge is 1.96. The normalized spacial score (nSPS) is 10.6. The Bertz CT molecular complexity index is 229. The Hall–Kier alpha value is -0.780. The van der Waals surface area contributed by atoms with Crippen molar-refractivity contribution in [3.8, 4) is 0 Å². The molecule has 1 radical (unpaired) electrons. The fourth-order valence-corrected chi connectivity index (χ4v) is 1.94. The molecular formula is C16H25. The monoisotopic (exact) mass is 217 g/mol. The zero-order chi connectivity index (χ0) is 11.6. The van der Waals surface area contributed by atoms with Crippen LogP contribution in [0, 0.1) is 6.07 Å². The minimum absolute atomic E-state index is 1.20. The predicted octanol–water partition coefficient (Wildman–Crippen LogP) is 4.95. The van der Waals surface area contributed by atoms with Crippen LogP contribution in [0.2, 0.25) is 0 Å². The highest BCUT2D eigenvalue weighted by Crippen LogP contribution is 2.10. The van der Waals surface area contributed by atoms with Crippen molar-refractivity contribution >= 4 is 0 Å². The van der Waals surface area contributed by atoms with Crippen LogP contribution in [0.4, 0.5) is 0 Å². The molecular weight excluding hydrogens is 192 g/mol. The van der Waals surface area contributed by atoms with Crippen LogP contribution in [0.3, 0.4) is 0 Å². The predicted molar refractivity (Wildman–Crippen MR) is 71.7 cm³/mol. The van der Waals surface area contributed by atoms with E-state index in [2.05, 4.69) is 38.1 Å². The van der Waals surface area contributed by atoms with Gasteiger partial charge in [0.2, 0.25) is 0 Å². The van der Waals surface area contributed by atoms with Gasteiger partial charge in [0, 0.05) is 0 Å². The summed E-state index contributed by atoms with van der Waals surface area (Å²) in [7, 11) is 0. The van der Waals surface area contributed by atoms with E-state index in [4.69, 9.17) is 0 Å². The lowest BCUT2D eigenvalue weighted by molar-refractivity contribution is 0.711. The zero-order valence-corrected chi connectivity index (χ0v) is 10.9. The molecule has 0 spiro atoms. The van der Waals surface area contributed by atoms with E-state index in [1.807, 2.05) is 0 Å². The van der Waals surface area contributed by atoms with Crippen molar-refractivity contribution in [1.82, 2.24) is 0 Å². The lowest BCUT2D eigenvalue weighted by Crippen LogP contribution is -1.89. The van der Waals surface area contributed by atoms with Gasteiger partial charge in [0.25, 0.3) is 0 Å². The van der Waals surface area contributed by atoms with Crippen LogP contribution in [0.1, 0.15) is 63.5 Å². The first-order valence-electron chi connectivity index (χ1n) is 6.86. The second-order valence-corrected chi connectivity index (χ2v) is 4.64. The molecule has 89 valence electrons. The Labute approximate surface area is 101 Å². The van der Waals surface area contributed by atoms with Gasteiger partial charge in [-0.1, -0.05) is 57.7 Å². The summed E-state index contributed by atoms with van der Waals surface area (Å²) in [4.78, 5) is 0. The second kappa shape index (κ2) is 8.38. The number of unbranched alkanes of at least 4 members (excludes halogenated alkanes) is 4. The summed E-state index contributed by atoms with van der Waals surface area (Å²) in [5.41, 5.74) is 2.83. The number of aryl methyl sites for hydroxylation is 2. The van der Waals surface area contributed by atoms with E-state index in [0.29, 0.717) is 0 Å². The topological polar surface area (TPSA) is 0 Å². The Morgan fingerprint density at radius 1 is 0.875 bits per heavy atom. The molecule has 16 heavy (non-hydrogen) atoms. The van der Waals surface area contributed by atoms with E-state index in [1.54, 1.807) is 0 Å². The summed E-state index contributed by atoms with van der Waals surface area (Å²) >= 11 is 0. The van der Waals surface area contributed by atoms with Crippen LogP contribution in [0.25, 0.3) is 0 Å². The van der Waals surface area contributed by atoms with Gasteiger partial charge in [0.05, 0.1) is 0 Å². The molecule has 0 aliphatic heterocycles. The largest absolute Gasteiger partial charge is 0.0654 e. The van der Waals surface area contributed by atoms with Gasteiger partial charge < -0.3 is 0 Å². The first-order valence-corrected chi connectivity index (χ1v) is 6.86. The molecule has 0 fully saturated rings. The number of rotatable bonds is 8. The van der Waals surface area contributed by atoms with Crippen molar-refractivity contribution in [2.45, 2.75) is 65.2 Å². The maximum Gasteiger partial charge on any atom is -0.0146 e. The van der Waals surface area contributed by atoms with Crippen molar-refractivity contribution in [2.75, 3.05) is 0 Å². The van der Waals surface area contributed by atoms with E-state index < -0.39 is 0 Å². The van der Waals surface area contributed by atoms with Crippen molar-refractivity contribution < 1.29 is 0 Å². The van der Waals surface area contributed by atoms with Crippen LogP contribution in [0.5, 0.6) is 0 Å². The number of hydrogen-bond donors (Lipinski definition) is 0. The van der Waals surface area contributed by atoms with Crippen LogP contribution in [0.15, 0.2) is 18.2 Å². The molecule has 0 saturated heterocycles. The molecule has 1 aromatic rings. The lowest BCUT2D eigenvalue weighted by Gasteiger charge is -2.03. The van der Waals surface area contributed by atoms with Crippen molar-refractivity contribution in [3.63, 3.8) is 0 Å². The molecule has 0 nitrogen and oxygen atoms in total. The van der Waals surface area contributed by atoms with Gasteiger partial charge >= 0.3 is 0 Å². The minimum atomic E-state index is 1.20. The smallest absolute Gasteiger partial charge is 0.0146 e. The summed E-state index contributed by atoms with van der Waals surface area (Å²) in [5, 5.41) is 0. The Kier molecular flexibility index (Phi) is 6.96. The number of hydrogen-bond acceptors (Lipinski definition) is 0. The minimum Gasteiger partial charge on any atom is -0.0654 e. The summed E-state index contributed by atoms with van der Waals surface area (Å²) in [6.07, 6.45) is 10.3. The molecule has 1 aromatic carbocycles. The summed E-state index contributed by atoms with van der Waals surface area (Å²) in [5.74, 6) is 0. The Morgan fingerprint density at radius 2 is 1.56 bits per heavy atom. The van der Waals surface area contributed by atoms with Crippen LogP contribution < -0.4 is 0 Å². The molecule has 0 heteroatoms. The van der Waals surface area contributed by atoms with Gasteiger partial charge in [0.1, 0.15) is 0 Å². The van der Waals surface area contributed by atoms with Crippen molar-refractivity contribution in [3.05, 3.63) is 35.4 Å². The quantitative estimate of drug-likeness (QED) is 0.540. The average Bonchev–Trinajstić information content (AvgIpc) is 2.32. The zero-order valence-electron chi connectivity index (χ0n) is 10.9. The third kappa shape index (κ3) is 5.34. The molecule has 0 heterocycles. The first kappa shape index (κ1) is 13.3. The SMILES string of the molecule is CCCCCc1[c]cc(CCCCC)cc1. The van der Waals surface area contributed by atoms with Gasteiger partial charge in [-0.2, -0.15) is 0 Å². The average molecular weight is 217 g/mol. The molecule has 1 rings (SSSR count). The Balaban J connectivity index is 2.30. The van der Waals surface area contributed by atoms with E-state index in [-0.39, 0.29) is 0 Å². The first-order chi connectivity index (χ1) is 7.86. The maximum atomic E-state index is 3.42. The van der Waals surface area contributed by atoms with Crippen LogP contribution >= 0.6 is 0 Å². The highest BCUT2D eigenvalue weighted by molar-refractivity contribution is 5.21. The molecule has 0 saturated carbocycles. The van der Waals surface area contributed by atoms with Crippen molar-refractivity contribution in [1.29, 1.82) is 0 Å². The summed E-state index contributed by atoms with van der Waals surface area (Å²) < 4.78 is 0. The van der Waals surface area contributed by atoms with E-state index >= 15 is 0 Å². The summed E-state index contributed by atoms with van der Waals surface area (Å²) in [6, 6.07) is 10.2. The Morgan fingerprint density at radius 3 is 2.12 bits per heavy atom. The van der Waals surface area contributed by atoms with Crippen molar-refractivity contribution in [2.24, 2.45) is 0 Å². The third-order valence-corrected chi connectivity index (χ3v) is 3.06. The lowest BCUT2D eigenvalue weighted by atomic mass is 10.0. The summed E-state index contributed by atoms with van der Waals surface area (Å²) in [6.45, 7) is 4.50. The fourth-order valence-electron chi connectivity index (χ4n) is 1.94. The van der Waals surface area contributed by atoms with Gasteiger partial charge in [-0.3, -0.25) is 0 Å².